The molecule has 0 saturated heterocycles. The number of allylic oxidation sites excluding steroid dienone is 2. The third-order valence-electron chi connectivity index (χ3n) is 6.81. The maximum Gasteiger partial charge on any atom is 0.365 e. The standard InChI is InChI=1S/C29H22F6S2/c1-15-5-9-19(10-6-15)23-13-21(17(3)36-23)25-26(30)28(32,33)29(34,35)27(25,31)22-14-24(37-18(22)4)20-11-7-16(2)8-12-20/h5-14H,1-4H3. The fourth-order valence-electron chi connectivity index (χ4n) is 4.70. The number of benzene rings is 2. The highest BCUT2D eigenvalue weighted by atomic mass is 32.1. The van der Waals surface area contributed by atoms with Crippen LogP contribution in [0.15, 0.2) is 66.5 Å². The van der Waals surface area contributed by atoms with Crippen molar-refractivity contribution in [3.8, 4) is 20.9 Å². The van der Waals surface area contributed by atoms with Gasteiger partial charge in [0.2, 0.25) is 5.67 Å². The van der Waals surface area contributed by atoms with Crippen molar-refractivity contribution in [1.82, 2.24) is 0 Å². The summed E-state index contributed by atoms with van der Waals surface area (Å²) in [5, 5.41) is 0. The van der Waals surface area contributed by atoms with Crippen LogP contribution in [0.25, 0.3) is 26.5 Å². The fourth-order valence-corrected chi connectivity index (χ4v) is 6.80. The summed E-state index contributed by atoms with van der Waals surface area (Å²) in [5.74, 6) is -13.1. The van der Waals surface area contributed by atoms with Crippen LogP contribution < -0.4 is 0 Å². The quantitative estimate of drug-likeness (QED) is 0.223. The minimum absolute atomic E-state index is 0.0763. The number of rotatable bonds is 4. The molecule has 37 heavy (non-hydrogen) atoms. The molecule has 0 aliphatic heterocycles. The normalized spacial score (nSPS) is 20.6. The molecule has 1 unspecified atom stereocenters. The smallest absolute Gasteiger partial charge is 0.226 e. The number of alkyl halides is 5. The summed E-state index contributed by atoms with van der Waals surface area (Å²) in [6.45, 7) is 6.65. The van der Waals surface area contributed by atoms with Gasteiger partial charge >= 0.3 is 11.8 Å². The van der Waals surface area contributed by atoms with Gasteiger partial charge in [0.05, 0.1) is 0 Å². The Morgan fingerprint density at radius 2 is 1.08 bits per heavy atom. The minimum atomic E-state index is -5.34. The predicted molar refractivity (Wildman–Crippen MR) is 139 cm³/mol. The minimum Gasteiger partial charge on any atom is -0.226 e. The molecule has 5 rings (SSSR count). The Labute approximate surface area is 218 Å². The number of thiophene rings is 2. The summed E-state index contributed by atoms with van der Waals surface area (Å²) in [5.41, 5.74) is -3.03. The Bertz CT molecular complexity index is 1520. The highest BCUT2D eigenvalue weighted by molar-refractivity contribution is 7.16. The van der Waals surface area contributed by atoms with Crippen molar-refractivity contribution < 1.29 is 26.3 Å². The molecule has 0 radical (unpaired) electrons. The highest BCUT2D eigenvalue weighted by Crippen LogP contribution is 2.67. The van der Waals surface area contributed by atoms with E-state index in [0.717, 1.165) is 39.9 Å². The molecule has 2 aromatic heterocycles. The van der Waals surface area contributed by atoms with Crippen LogP contribution in [-0.2, 0) is 5.67 Å². The lowest BCUT2D eigenvalue weighted by Crippen LogP contribution is -2.49. The van der Waals surface area contributed by atoms with Gasteiger partial charge in [-0.15, -0.1) is 22.7 Å². The van der Waals surface area contributed by atoms with E-state index in [1.807, 2.05) is 26.0 Å². The van der Waals surface area contributed by atoms with Gasteiger partial charge < -0.3 is 0 Å². The third-order valence-corrected chi connectivity index (χ3v) is 9.01. The first-order chi connectivity index (χ1) is 17.3. The Morgan fingerprint density at radius 3 is 1.59 bits per heavy atom. The van der Waals surface area contributed by atoms with Gasteiger partial charge in [0.25, 0.3) is 0 Å². The van der Waals surface area contributed by atoms with Gasteiger partial charge in [-0.3, -0.25) is 0 Å². The number of hydrogen-bond donors (Lipinski definition) is 0. The zero-order valence-corrected chi connectivity index (χ0v) is 22.0. The van der Waals surface area contributed by atoms with E-state index in [4.69, 9.17) is 0 Å². The number of halogens is 6. The van der Waals surface area contributed by atoms with Crippen LogP contribution in [0.2, 0.25) is 0 Å². The van der Waals surface area contributed by atoms with Crippen LogP contribution in [0, 0.1) is 27.7 Å². The van der Waals surface area contributed by atoms with E-state index in [2.05, 4.69) is 0 Å². The van der Waals surface area contributed by atoms with Crippen LogP contribution in [0.5, 0.6) is 0 Å². The molecule has 4 aromatic rings. The van der Waals surface area contributed by atoms with Crippen molar-refractivity contribution in [1.29, 1.82) is 0 Å². The summed E-state index contributed by atoms with van der Waals surface area (Å²) < 4.78 is 92.6. The zero-order valence-electron chi connectivity index (χ0n) is 20.4. The van der Waals surface area contributed by atoms with Crippen molar-refractivity contribution in [2.24, 2.45) is 0 Å². The molecule has 0 nitrogen and oxygen atoms in total. The van der Waals surface area contributed by atoms with Gasteiger partial charge in [0.15, 0.2) is 5.83 Å². The van der Waals surface area contributed by atoms with Crippen molar-refractivity contribution in [3.63, 3.8) is 0 Å². The molecule has 0 bridgehead atoms. The largest absolute Gasteiger partial charge is 0.365 e. The molecule has 1 atom stereocenters. The lowest BCUT2D eigenvalue weighted by molar-refractivity contribution is -0.234. The average molecular weight is 549 g/mol. The van der Waals surface area contributed by atoms with Crippen molar-refractivity contribution in [2.45, 2.75) is 45.2 Å². The Balaban J connectivity index is 1.72. The molecule has 2 aromatic carbocycles. The molecule has 0 N–H and O–H groups in total. The molecule has 0 spiro atoms. The molecular formula is C29H22F6S2. The average Bonchev–Trinajstić information content (AvgIpc) is 3.44. The van der Waals surface area contributed by atoms with Crippen LogP contribution in [0.3, 0.4) is 0 Å². The molecule has 1 aliphatic rings. The maximum atomic E-state index is 16.9. The Hall–Kier alpha value is -2.84. The topological polar surface area (TPSA) is 0 Å². The van der Waals surface area contributed by atoms with Crippen molar-refractivity contribution in [2.75, 3.05) is 0 Å². The van der Waals surface area contributed by atoms with E-state index in [9.17, 15) is 8.78 Å². The van der Waals surface area contributed by atoms with Gasteiger partial charge in [-0.2, -0.15) is 17.6 Å². The molecule has 0 saturated carbocycles. The second kappa shape index (κ2) is 8.60. The second-order valence-corrected chi connectivity index (χ2v) is 11.9. The van der Waals surface area contributed by atoms with Gasteiger partial charge in [-0.05, 0) is 56.5 Å². The lowest BCUT2D eigenvalue weighted by atomic mass is 9.82. The predicted octanol–water partition coefficient (Wildman–Crippen LogP) is 10.2. The number of hydrogen-bond acceptors (Lipinski definition) is 2. The van der Waals surface area contributed by atoms with Crippen molar-refractivity contribution in [3.05, 3.63) is 98.5 Å². The van der Waals surface area contributed by atoms with E-state index >= 15 is 17.6 Å². The Kier molecular flexibility index (Phi) is 5.99. The van der Waals surface area contributed by atoms with E-state index in [1.54, 1.807) is 36.4 Å². The van der Waals surface area contributed by atoms with E-state index in [1.165, 1.54) is 19.9 Å². The third kappa shape index (κ3) is 3.71. The first kappa shape index (κ1) is 25.8. The second-order valence-electron chi connectivity index (χ2n) is 9.39. The van der Waals surface area contributed by atoms with E-state index in [-0.39, 0.29) is 15.3 Å². The molecule has 0 fully saturated rings. The summed E-state index contributed by atoms with van der Waals surface area (Å²) in [7, 11) is 0. The first-order valence-electron chi connectivity index (χ1n) is 11.5. The van der Waals surface area contributed by atoms with Crippen LogP contribution >= 0.6 is 22.7 Å². The molecular weight excluding hydrogens is 526 g/mol. The molecule has 192 valence electrons. The van der Waals surface area contributed by atoms with Crippen LogP contribution in [0.1, 0.15) is 32.0 Å². The Morgan fingerprint density at radius 1 is 0.622 bits per heavy atom. The zero-order chi connectivity index (χ0) is 26.9. The summed E-state index contributed by atoms with van der Waals surface area (Å²) >= 11 is 2.12. The number of aryl methyl sites for hydroxylation is 4. The highest BCUT2D eigenvalue weighted by Gasteiger charge is 2.80. The summed E-state index contributed by atoms with van der Waals surface area (Å²) in [6, 6.07) is 16.8. The molecule has 1 aliphatic carbocycles. The monoisotopic (exact) mass is 548 g/mol. The summed E-state index contributed by atoms with van der Waals surface area (Å²) in [4.78, 5) is 1.31. The van der Waals surface area contributed by atoms with Gasteiger partial charge in [-0.1, -0.05) is 59.7 Å². The SMILES string of the molecule is Cc1ccc(-c2cc(C3=C(F)C(F)(F)C(F)(F)C3(F)c3cc(-c4ccc(C)cc4)sc3C)c(C)s2)cc1. The molecule has 2 heterocycles. The first-order valence-corrected chi connectivity index (χ1v) is 13.1. The lowest BCUT2D eigenvalue weighted by Gasteiger charge is -2.32. The fraction of sp³-hybridized carbons (Fsp3) is 0.241. The summed E-state index contributed by atoms with van der Waals surface area (Å²) in [6.07, 6.45) is 0. The van der Waals surface area contributed by atoms with Gasteiger partial charge in [-0.25, -0.2) is 8.78 Å². The van der Waals surface area contributed by atoms with Crippen LogP contribution in [0.4, 0.5) is 26.3 Å². The maximum absolute atomic E-state index is 16.9. The van der Waals surface area contributed by atoms with Crippen LogP contribution in [-0.4, -0.2) is 11.8 Å². The van der Waals surface area contributed by atoms with Gasteiger partial charge in [0, 0.05) is 30.6 Å². The van der Waals surface area contributed by atoms with Gasteiger partial charge in [0.1, 0.15) is 0 Å². The van der Waals surface area contributed by atoms with Crippen molar-refractivity contribution >= 4 is 28.2 Å². The van der Waals surface area contributed by atoms with E-state index < -0.39 is 34.5 Å². The molecule has 8 heteroatoms. The molecule has 0 amide bonds. The van der Waals surface area contributed by atoms with E-state index in [0.29, 0.717) is 20.9 Å².